The number of rotatable bonds is 8. The lowest BCUT2D eigenvalue weighted by Crippen LogP contribution is -2.42. The molecule has 1 aliphatic carbocycles. The molecule has 2 rings (SSSR count). The van der Waals surface area contributed by atoms with Gasteiger partial charge < -0.3 is 15.4 Å². The Hall–Kier alpha value is -1.81. The maximum atomic E-state index is 5.68. The van der Waals surface area contributed by atoms with Crippen LogP contribution >= 0.6 is 0 Å². The summed E-state index contributed by atoms with van der Waals surface area (Å²) in [6.45, 7) is 2.43. The van der Waals surface area contributed by atoms with Crippen LogP contribution in [0.25, 0.3) is 0 Å². The minimum absolute atomic E-state index is 0.500. The molecule has 4 nitrogen and oxygen atoms in total. The van der Waals surface area contributed by atoms with Crippen molar-refractivity contribution in [3.63, 3.8) is 0 Å². The first-order valence-corrected chi connectivity index (χ1v) is 8.12. The molecule has 120 valence electrons. The highest BCUT2D eigenvalue weighted by atomic mass is 16.5. The van der Waals surface area contributed by atoms with Crippen LogP contribution in [0, 0.1) is 0 Å². The highest BCUT2D eigenvalue weighted by Gasteiger charge is 2.10. The zero-order chi connectivity index (χ0) is 15.5. The van der Waals surface area contributed by atoms with E-state index < -0.39 is 0 Å². The van der Waals surface area contributed by atoms with Gasteiger partial charge in [-0.05, 0) is 31.2 Å². The maximum absolute atomic E-state index is 5.68. The summed E-state index contributed by atoms with van der Waals surface area (Å²) < 4.78 is 5.68. The highest BCUT2D eigenvalue weighted by Crippen LogP contribution is 2.08. The molecule has 0 saturated heterocycles. The van der Waals surface area contributed by atoms with Gasteiger partial charge in [-0.25, -0.2) is 0 Å². The largest absolute Gasteiger partial charge is 0.377 e. The molecule has 4 heteroatoms. The predicted octanol–water partition coefficient (Wildman–Crippen LogP) is 2.87. The van der Waals surface area contributed by atoms with E-state index >= 15 is 0 Å². The fraction of sp³-hybridized carbons (Fsp3) is 0.500. The molecular formula is C18H27N3O. The molecule has 0 bridgehead atoms. The van der Waals surface area contributed by atoms with Gasteiger partial charge in [-0.15, -0.1) is 0 Å². The van der Waals surface area contributed by atoms with E-state index in [9.17, 15) is 0 Å². The predicted molar refractivity (Wildman–Crippen MR) is 92.0 cm³/mol. The van der Waals surface area contributed by atoms with E-state index in [0.29, 0.717) is 12.6 Å². The van der Waals surface area contributed by atoms with Crippen molar-refractivity contribution in [1.82, 2.24) is 10.6 Å². The molecule has 2 N–H and O–H groups in total. The maximum Gasteiger partial charge on any atom is 0.191 e. The van der Waals surface area contributed by atoms with Gasteiger partial charge in [-0.3, -0.25) is 4.99 Å². The first-order chi connectivity index (χ1) is 10.9. The number of aliphatic imine (C=N–C) groups is 1. The number of nitrogens with zero attached hydrogens (tertiary/aromatic N) is 1. The molecule has 0 unspecified atom stereocenters. The molecule has 0 aliphatic heterocycles. The van der Waals surface area contributed by atoms with E-state index in [2.05, 4.69) is 39.9 Å². The molecule has 0 radical (unpaired) electrons. The Bertz CT molecular complexity index is 462. The van der Waals surface area contributed by atoms with Crippen molar-refractivity contribution >= 4 is 5.96 Å². The summed E-state index contributed by atoms with van der Waals surface area (Å²) >= 11 is 0. The molecule has 0 saturated carbocycles. The van der Waals surface area contributed by atoms with Gasteiger partial charge in [-0.1, -0.05) is 42.5 Å². The van der Waals surface area contributed by atoms with Gasteiger partial charge in [-0.2, -0.15) is 0 Å². The van der Waals surface area contributed by atoms with Crippen molar-refractivity contribution in [2.75, 3.05) is 20.2 Å². The molecular weight excluding hydrogens is 274 g/mol. The normalized spacial score (nSPS) is 15.2. The monoisotopic (exact) mass is 301 g/mol. The number of hydrogen-bond acceptors (Lipinski definition) is 2. The third-order valence-corrected chi connectivity index (χ3v) is 3.69. The third kappa shape index (κ3) is 6.31. The number of benzene rings is 1. The zero-order valence-electron chi connectivity index (χ0n) is 13.4. The van der Waals surface area contributed by atoms with Gasteiger partial charge in [0.1, 0.15) is 0 Å². The quantitative estimate of drug-likeness (QED) is 0.336. The second-order valence-electron chi connectivity index (χ2n) is 5.53. The lowest BCUT2D eigenvalue weighted by Gasteiger charge is -2.16. The molecule has 0 amide bonds. The van der Waals surface area contributed by atoms with Crippen LogP contribution in [0.1, 0.15) is 31.2 Å². The Labute approximate surface area is 133 Å². The van der Waals surface area contributed by atoms with Gasteiger partial charge in [0.15, 0.2) is 5.96 Å². The van der Waals surface area contributed by atoms with Crippen molar-refractivity contribution in [1.29, 1.82) is 0 Å². The summed E-state index contributed by atoms with van der Waals surface area (Å²) in [5.74, 6) is 0.902. The van der Waals surface area contributed by atoms with Crippen LogP contribution in [0.3, 0.4) is 0 Å². The third-order valence-electron chi connectivity index (χ3n) is 3.69. The number of guanidine groups is 1. The number of hydrogen-bond donors (Lipinski definition) is 2. The lowest BCUT2D eigenvalue weighted by atomic mass is 10.2. The second-order valence-corrected chi connectivity index (χ2v) is 5.53. The Morgan fingerprint density at radius 3 is 2.68 bits per heavy atom. The van der Waals surface area contributed by atoms with E-state index in [-0.39, 0.29) is 0 Å². The van der Waals surface area contributed by atoms with Crippen LogP contribution in [0.15, 0.2) is 47.5 Å². The van der Waals surface area contributed by atoms with Crippen LogP contribution in [0.2, 0.25) is 0 Å². The van der Waals surface area contributed by atoms with E-state index in [1.54, 1.807) is 0 Å². The Kier molecular flexibility index (Phi) is 7.53. The summed E-state index contributed by atoms with van der Waals surface area (Å²) in [6, 6.07) is 10.8. The minimum Gasteiger partial charge on any atom is -0.377 e. The van der Waals surface area contributed by atoms with Gasteiger partial charge in [0.25, 0.3) is 0 Å². The molecule has 0 atom stereocenters. The number of nitrogens with one attached hydrogen (secondary N) is 2. The van der Waals surface area contributed by atoms with Crippen molar-refractivity contribution in [2.45, 2.75) is 38.3 Å². The average Bonchev–Trinajstić information content (AvgIpc) is 3.07. The Morgan fingerprint density at radius 2 is 1.95 bits per heavy atom. The fourth-order valence-electron chi connectivity index (χ4n) is 2.42. The van der Waals surface area contributed by atoms with Crippen LogP contribution in [-0.4, -0.2) is 32.2 Å². The number of unbranched alkanes of at least 4 members (excludes halogenated alkanes) is 1. The Morgan fingerprint density at radius 1 is 1.18 bits per heavy atom. The summed E-state index contributed by atoms with van der Waals surface area (Å²) in [6.07, 6.45) is 8.76. The van der Waals surface area contributed by atoms with Gasteiger partial charge in [0.05, 0.1) is 6.61 Å². The molecule has 0 spiro atoms. The van der Waals surface area contributed by atoms with Crippen molar-refractivity contribution in [2.24, 2.45) is 4.99 Å². The number of ether oxygens (including phenoxy) is 1. The molecule has 0 heterocycles. The van der Waals surface area contributed by atoms with Crippen molar-refractivity contribution in [3.8, 4) is 0 Å². The van der Waals surface area contributed by atoms with Crippen LogP contribution in [0.5, 0.6) is 0 Å². The van der Waals surface area contributed by atoms with E-state index in [1.807, 2.05) is 25.2 Å². The molecule has 1 aromatic rings. The topological polar surface area (TPSA) is 45.7 Å². The second kappa shape index (κ2) is 10.0. The van der Waals surface area contributed by atoms with Crippen molar-refractivity contribution < 1.29 is 4.74 Å². The summed E-state index contributed by atoms with van der Waals surface area (Å²) in [5, 5.41) is 6.79. The summed E-state index contributed by atoms with van der Waals surface area (Å²) in [4.78, 5) is 4.26. The average molecular weight is 301 g/mol. The lowest BCUT2D eigenvalue weighted by molar-refractivity contribution is 0.117. The van der Waals surface area contributed by atoms with Crippen LogP contribution in [-0.2, 0) is 11.3 Å². The van der Waals surface area contributed by atoms with Crippen LogP contribution in [0.4, 0.5) is 0 Å². The van der Waals surface area contributed by atoms with Gasteiger partial charge in [0, 0.05) is 26.2 Å². The first kappa shape index (κ1) is 16.6. The molecule has 0 fully saturated rings. The standard InChI is InChI=1S/C18H27N3O/c1-19-18(21-17-11-5-6-12-17)20-13-7-8-14-22-15-16-9-3-2-4-10-16/h2-6,9-10,17H,7-8,11-15H2,1H3,(H2,19,20,21). The molecule has 1 aliphatic rings. The zero-order valence-corrected chi connectivity index (χ0v) is 13.4. The summed E-state index contributed by atoms with van der Waals surface area (Å²) in [7, 11) is 1.82. The fourth-order valence-corrected chi connectivity index (χ4v) is 2.42. The molecule has 0 aromatic heterocycles. The smallest absolute Gasteiger partial charge is 0.191 e. The Balaban J connectivity index is 1.47. The van der Waals surface area contributed by atoms with E-state index in [1.165, 1.54) is 5.56 Å². The minimum atomic E-state index is 0.500. The molecule has 22 heavy (non-hydrogen) atoms. The SMILES string of the molecule is CN=C(NCCCCOCc1ccccc1)NC1CC=CC1. The molecule has 1 aromatic carbocycles. The highest BCUT2D eigenvalue weighted by molar-refractivity contribution is 5.80. The van der Waals surface area contributed by atoms with E-state index in [4.69, 9.17) is 4.74 Å². The van der Waals surface area contributed by atoms with Crippen molar-refractivity contribution in [3.05, 3.63) is 48.0 Å². The van der Waals surface area contributed by atoms with E-state index in [0.717, 1.165) is 44.8 Å². The van der Waals surface area contributed by atoms with Gasteiger partial charge in [0.2, 0.25) is 0 Å². The van der Waals surface area contributed by atoms with Crippen LogP contribution < -0.4 is 10.6 Å². The summed E-state index contributed by atoms with van der Waals surface area (Å²) in [5.41, 5.74) is 1.23. The first-order valence-electron chi connectivity index (χ1n) is 8.12. The van der Waals surface area contributed by atoms with Gasteiger partial charge >= 0.3 is 0 Å².